The average molecular weight is 323 g/mol. The van der Waals surface area contributed by atoms with E-state index in [0.29, 0.717) is 11.4 Å². The molecule has 6 nitrogen and oxygen atoms in total. The van der Waals surface area contributed by atoms with Crippen LogP contribution >= 0.6 is 12.2 Å². The molecule has 0 atom stereocenters. The number of thiocarbonyl (C=S) groups is 1. The van der Waals surface area contributed by atoms with Crippen LogP contribution in [0.1, 0.15) is 32.3 Å². The van der Waals surface area contributed by atoms with Gasteiger partial charge in [-0.05, 0) is 42.8 Å². The highest BCUT2D eigenvalue weighted by Crippen LogP contribution is 2.24. The van der Waals surface area contributed by atoms with Gasteiger partial charge in [-0.3, -0.25) is 10.1 Å². The molecule has 0 radical (unpaired) electrons. The zero-order chi connectivity index (χ0) is 16.5. The van der Waals surface area contributed by atoms with Crippen LogP contribution in [0.3, 0.4) is 0 Å². The van der Waals surface area contributed by atoms with Crippen LogP contribution in [0.4, 0.5) is 16.2 Å². The van der Waals surface area contributed by atoms with Crippen molar-refractivity contribution in [3.05, 3.63) is 23.8 Å². The molecule has 1 aromatic rings. The minimum absolute atomic E-state index is 0.0970. The van der Waals surface area contributed by atoms with Crippen molar-refractivity contribution >= 4 is 40.7 Å². The second kappa shape index (κ2) is 8.99. The lowest BCUT2D eigenvalue weighted by Crippen LogP contribution is -2.34. The number of methoxy groups -OCH3 is 1. The highest BCUT2D eigenvalue weighted by molar-refractivity contribution is 7.80. The lowest BCUT2D eigenvalue weighted by atomic mass is 10.1. The minimum Gasteiger partial charge on any atom is -0.453 e. The molecule has 0 spiro atoms. The second-order valence-electron chi connectivity index (χ2n) is 4.74. The van der Waals surface area contributed by atoms with E-state index >= 15 is 0 Å². The van der Waals surface area contributed by atoms with E-state index in [1.54, 1.807) is 0 Å². The van der Waals surface area contributed by atoms with Crippen molar-refractivity contribution in [1.82, 2.24) is 5.32 Å². The molecule has 0 aromatic heterocycles. The summed E-state index contributed by atoms with van der Waals surface area (Å²) in [6.07, 6.45) is 2.46. The smallest absolute Gasteiger partial charge is 0.413 e. The maximum absolute atomic E-state index is 11.3. The number of hydrogen-bond donors (Lipinski definition) is 3. The van der Waals surface area contributed by atoms with E-state index in [0.717, 1.165) is 24.8 Å². The summed E-state index contributed by atoms with van der Waals surface area (Å²) in [5.41, 5.74) is 2.36. The van der Waals surface area contributed by atoms with Crippen molar-refractivity contribution in [1.29, 1.82) is 0 Å². The summed E-state index contributed by atoms with van der Waals surface area (Å²) in [6, 6.07) is 5.69. The third kappa shape index (κ3) is 6.09. The van der Waals surface area contributed by atoms with Crippen molar-refractivity contribution in [2.45, 2.75) is 33.1 Å². The van der Waals surface area contributed by atoms with Gasteiger partial charge in [0.25, 0.3) is 0 Å². The van der Waals surface area contributed by atoms with Gasteiger partial charge in [0.05, 0.1) is 18.5 Å². The largest absolute Gasteiger partial charge is 0.453 e. The monoisotopic (exact) mass is 323 g/mol. The van der Waals surface area contributed by atoms with Gasteiger partial charge >= 0.3 is 6.09 Å². The van der Waals surface area contributed by atoms with Gasteiger partial charge in [-0.2, -0.15) is 0 Å². The number of rotatable bonds is 5. The summed E-state index contributed by atoms with van der Waals surface area (Å²) in [7, 11) is 1.25. The number of ether oxygens (including phenoxy) is 1. The predicted octanol–water partition coefficient (Wildman–Crippen LogP) is 3.04. The van der Waals surface area contributed by atoms with Crippen molar-refractivity contribution in [2.75, 3.05) is 17.7 Å². The number of carbonyl (C=O) groups excluding carboxylic acids is 2. The number of alkyl carbamates (subject to hydrolysis) is 1. The van der Waals surface area contributed by atoms with Crippen molar-refractivity contribution in [3.63, 3.8) is 0 Å². The van der Waals surface area contributed by atoms with Crippen LogP contribution in [-0.4, -0.2) is 24.2 Å². The van der Waals surface area contributed by atoms with Crippen LogP contribution in [0, 0.1) is 0 Å². The highest BCUT2D eigenvalue weighted by atomic mass is 32.1. The Bertz CT molecular complexity index is 561. The number of aryl methyl sites for hydroxylation is 1. The lowest BCUT2D eigenvalue weighted by Gasteiger charge is -2.15. The summed E-state index contributed by atoms with van der Waals surface area (Å²) in [5.74, 6) is -0.178. The van der Waals surface area contributed by atoms with Gasteiger partial charge in [0.15, 0.2) is 5.11 Å². The van der Waals surface area contributed by atoms with E-state index < -0.39 is 6.09 Å². The van der Waals surface area contributed by atoms with E-state index in [9.17, 15) is 9.59 Å². The Morgan fingerprint density at radius 3 is 2.55 bits per heavy atom. The Morgan fingerprint density at radius 1 is 1.23 bits per heavy atom. The summed E-state index contributed by atoms with van der Waals surface area (Å²) >= 11 is 5.02. The number of benzene rings is 1. The number of anilines is 2. The van der Waals surface area contributed by atoms with Crippen molar-refractivity contribution < 1.29 is 14.3 Å². The molecule has 0 aliphatic heterocycles. The molecule has 0 aliphatic rings. The van der Waals surface area contributed by atoms with Crippen LogP contribution in [0.15, 0.2) is 18.2 Å². The average Bonchev–Trinajstić information content (AvgIpc) is 2.46. The zero-order valence-electron chi connectivity index (χ0n) is 13.0. The first-order valence-corrected chi connectivity index (χ1v) is 7.43. The van der Waals surface area contributed by atoms with Gasteiger partial charge in [-0.1, -0.05) is 19.4 Å². The summed E-state index contributed by atoms with van der Waals surface area (Å²) in [6.45, 7) is 3.56. The summed E-state index contributed by atoms with van der Waals surface area (Å²) in [5, 5.41) is 8.08. The Morgan fingerprint density at radius 2 is 1.95 bits per heavy atom. The number of unbranched alkanes of at least 4 members (excludes halogenated alkanes) is 1. The molecule has 120 valence electrons. The van der Waals surface area contributed by atoms with E-state index in [1.165, 1.54) is 14.0 Å². The van der Waals surface area contributed by atoms with E-state index in [1.807, 2.05) is 18.2 Å². The molecule has 2 amide bonds. The fraction of sp³-hybridized carbons (Fsp3) is 0.400. The second-order valence-corrected chi connectivity index (χ2v) is 5.14. The molecule has 0 fully saturated rings. The Balaban J connectivity index is 2.89. The third-order valence-electron chi connectivity index (χ3n) is 2.86. The van der Waals surface area contributed by atoms with Gasteiger partial charge in [0, 0.05) is 6.92 Å². The SMILES string of the molecule is CCCCc1ccc(NC(=S)NC(=O)OC)c(NC(C)=O)c1. The van der Waals surface area contributed by atoms with Crippen LogP contribution in [0.25, 0.3) is 0 Å². The molecule has 0 unspecified atom stereocenters. The molecular weight excluding hydrogens is 302 g/mol. The summed E-state index contributed by atoms with van der Waals surface area (Å²) < 4.78 is 4.47. The van der Waals surface area contributed by atoms with Gasteiger partial charge in [0.2, 0.25) is 5.91 Å². The fourth-order valence-corrected chi connectivity index (χ4v) is 2.02. The first kappa shape index (κ1) is 17.9. The number of amides is 2. The number of nitrogens with one attached hydrogen (secondary N) is 3. The van der Waals surface area contributed by atoms with Crippen LogP contribution in [0.5, 0.6) is 0 Å². The molecular formula is C15H21N3O3S. The predicted molar refractivity (Wildman–Crippen MR) is 91.1 cm³/mol. The minimum atomic E-state index is -0.654. The lowest BCUT2D eigenvalue weighted by molar-refractivity contribution is -0.114. The Kier molecular flexibility index (Phi) is 7.31. The quantitative estimate of drug-likeness (QED) is 0.726. The van der Waals surface area contributed by atoms with Gasteiger partial charge in [-0.15, -0.1) is 0 Å². The molecule has 0 bridgehead atoms. The Labute approximate surface area is 135 Å². The number of hydrogen-bond acceptors (Lipinski definition) is 4. The van der Waals surface area contributed by atoms with Crippen LogP contribution in [0.2, 0.25) is 0 Å². The first-order valence-electron chi connectivity index (χ1n) is 7.02. The first-order chi connectivity index (χ1) is 10.5. The zero-order valence-corrected chi connectivity index (χ0v) is 13.8. The number of carbonyl (C=O) groups is 2. The summed E-state index contributed by atoms with van der Waals surface area (Å²) in [4.78, 5) is 22.5. The van der Waals surface area contributed by atoms with Crippen LogP contribution < -0.4 is 16.0 Å². The maximum Gasteiger partial charge on any atom is 0.413 e. The molecule has 22 heavy (non-hydrogen) atoms. The molecule has 1 rings (SSSR count). The molecule has 3 N–H and O–H groups in total. The van der Waals surface area contributed by atoms with Gasteiger partial charge in [0.1, 0.15) is 0 Å². The van der Waals surface area contributed by atoms with Crippen LogP contribution in [-0.2, 0) is 16.0 Å². The Hall–Kier alpha value is -2.15. The molecule has 0 aliphatic carbocycles. The molecule has 0 saturated heterocycles. The highest BCUT2D eigenvalue weighted by Gasteiger charge is 2.09. The maximum atomic E-state index is 11.3. The van der Waals surface area contributed by atoms with Gasteiger partial charge < -0.3 is 15.4 Å². The molecule has 0 heterocycles. The third-order valence-corrected chi connectivity index (χ3v) is 3.07. The van der Waals surface area contributed by atoms with E-state index in [-0.39, 0.29) is 11.0 Å². The topological polar surface area (TPSA) is 79.5 Å². The fourth-order valence-electron chi connectivity index (χ4n) is 1.83. The van der Waals surface area contributed by atoms with E-state index in [2.05, 4.69) is 27.6 Å². The molecule has 1 aromatic carbocycles. The van der Waals surface area contributed by atoms with Crippen molar-refractivity contribution in [2.24, 2.45) is 0 Å². The molecule has 7 heteroatoms. The molecule has 0 saturated carbocycles. The van der Waals surface area contributed by atoms with Gasteiger partial charge in [-0.25, -0.2) is 4.79 Å². The normalized spacial score (nSPS) is 9.77. The van der Waals surface area contributed by atoms with E-state index in [4.69, 9.17) is 12.2 Å². The standard InChI is InChI=1S/C15H21N3O3S/c1-4-5-6-11-7-8-12(13(9-11)16-10(2)19)17-14(22)18-15(20)21-3/h7-9H,4-6H2,1-3H3,(H,16,19)(H2,17,18,20,22). The van der Waals surface area contributed by atoms with Crippen molar-refractivity contribution in [3.8, 4) is 0 Å².